The summed E-state index contributed by atoms with van der Waals surface area (Å²) in [6.07, 6.45) is 0. The molecule has 0 bridgehead atoms. The molecule has 0 radical (unpaired) electrons. The largest absolute Gasteiger partial charge is 0.484 e. The Morgan fingerprint density at radius 2 is 1.80 bits per heavy atom. The minimum atomic E-state index is -5.02. The van der Waals surface area contributed by atoms with E-state index >= 15 is 0 Å². The van der Waals surface area contributed by atoms with Gasteiger partial charge in [0.15, 0.2) is 9.73 Å². The van der Waals surface area contributed by atoms with Gasteiger partial charge in [-0.1, -0.05) is 12.1 Å². The highest BCUT2D eigenvalue weighted by molar-refractivity contribution is 7.95. The molecule has 7 heteroatoms. The maximum atomic E-state index is 12.5. The Morgan fingerprint density at radius 3 is 2.40 bits per heavy atom. The van der Waals surface area contributed by atoms with Gasteiger partial charge in [0.25, 0.3) is 5.91 Å². The molecule has 0 spiro atoms. The van der Waals surface area contributed by atoms with Crippen LogP contribution < -0.4 is 0 Å². The van der Waals surface area contributed by atoms with E-state index in [1.807, 2.05) is 0 Å². The quantitative estimate of drug-likeness (QED) is 0.691. The highest BCUT2D eigenvalue weighted by Crippen LogP contribution is 2.38. The Morgan fingerprint density at radius 1 is 1.20 bits per heavy atom. The summed E-state index contributed by atoms with van der Waals surface area (Å²) in [6, 6.07) is 4.88. The molecule has 1 atom stereocenters. The zero-order valence-corrected chi connectivity index (χ0v) is 7.93. The molecular weight excluding hydrogens is 231 g/mol. The molecule has 1 amide bonds. The summed E-state index contributed by atoms with van der Waals surface area (Å²) in [4.78, 5) is 10.5. The second-order valence-electron chi connectivity index (χ2n) is 2.86. The smallest absolute Gasteiger partial charge is 0.266 e. The molecule has 1 aliphatic rings. The molecule has 0 saturated heterocycles. The van der Waals surface area contributed by atoms with Crippen molar-refractivity contribution in [3.8, 4) is 0 Å². The van der Waals surface area contributed by atoms with Crippen molar-refractivity contribution in [3.05, 3.63) is 29.8 Å². The zero-order valence-electron chi connectivity index (χ0n) is 7.12. The van der Waals surface area contributed by atoms with Crippen LogP contribution in [0.1, 0.15) is 10.4 Å². The third-order valence-corrected chi connectivity index (χ3v) is 3.94. The number of hydrogen-bond donors (Lipinski definition) is 0. The van der Waals surface area contributed by atoms with Crippen molar-refractivity contribution in [2.75, 3.05) is 0 Å². The molecule has 0 aliphatic carbocycles. The van der Waals surface area contributed by atoms with Crippen LogP contribution in [0.3, 0.4) is 0 Å². The van der Waals surface area contributed by atoms with Gasteiger partial charge >= 0.3 is 5.51 Å². The molecule has 1 unspecified atom stereocenters. The summed E-state index contributed by atoms with van der Waals surface area (Å²) in [5.74, 6) is -1.08. The van der Waals surface area contributed by atoms with Crippen molar-refractivity contribution in [1.82, 2.24) is 0 Å². The third-order valence-electron chi connectivity index (χ3n) is 1.94. The first-order valence-electron chi connectivity index (χ1n) is 3.83. The van der Waals surface area contributed by atoms with Crippen LogP contribution >= 0.6 is 0 Å². The zero-order chi connectivity index (χ0) is 11.3. The lowest BCUT2D eigenvalue weighted by Gasteiger charge is -2.08. The molecule has 1 aromatic carbocycles. The van der Waals surface area contributed by atoms with Gasteiger partial charge in [-0.3, -0.25) is 4.79 Å². The van der Waals surface area contributed by atoms with Crippen molar-refractivity contribution in [1.29, 1.82) is 0 Å². The normalized spacial score (nSPS) is 24.9. The van der Waals surface area contributed by atoms with E-state index in [0.29, 0.717) is 0 Å². The van der Waals surface area contributed by atoms with E-state index < -0.39 is 26.0 Å². The lowest BCUT2D eigenvalue weighted by Crippen LogP contribution is -2.21. The number of rotatable bonds is 0. The Kier molecular flexibility index (Phi) is 1.91. The average molecular weight is 235 g/mol. The summed E-state index contributed by atoms with van der Waals surface area (Å²) in [7, 11) is -4.60. The first-order valence-corrected chi connectivity index (χ1v) is 5.34. The SMILES string of the molecule is O=C1N=S(=O)(C(F)(F)F)c2ccccc21. The number of halogens is 3. The lowest BCUT2D eigenvalue weighted by molar-refractivity contribution is -0.0401. The Labute approximate surface area is 83.1 Å². The summed E-state index contributed by atoms with van der Waals surface area (Å²) < 4.78 is 51.7. The van der Waals surface area contributed by atoms with E-state index in [2.05, 4.69) is 4.36 Å². The first kappa shape index (κ1) is 10.2. The molecule has 2 rings (SSSR count). The molecule has 1 aliphatic heterocycles. The Hall–Kier alpha value is -1.37. The van der Waals surface area contributed by atoms with Gasteiger partial charge in [-0.25, -0.2) is 4.21 Å². The monoisotopic (exact) mass is 235 g/mol. The van der Waals surface area contributed by atoms with E-state index in [0.717, 1.165) is 6.07 Å². The number of amides is 1. The maximum Gasteiger partial charge on any atom is 0.484 e. The standard InChI is InChI=1S/C8H4F3NO2S/c9-8(10,11)15(14)6-4-2-1-3-5(6)7(13)12-15/h1-4H. The van der Waals surface area contributed by atoms with E-state index in [1.165, 1.54) is 18.2 Å². The van der Waals surface area contributed by atoms with Gasteiger partial charge < -0.3 is 0 Å². The molecule has 80 valence electrons. The van der Waals surface area contributed by atoms with Crippen LogP contribution in [0.25, 0.3) is 0 Å². The number of alkyl halides is 3. The van der Waals surface area contributed by atoms with E-state index in [-0.39, 0.29) is 5.56 Å². The highest BCUT2D eigenvalue weighted by atomic mass is 32.2. The minimum absolute atomic E-state index is 0.236. The van der Waals surface area contributed by atoms with Gasteiger partial charge in [-0.15, -0.1) is 4.36 Å². The number of nitrogens with zero attached hydrogens (tertiary/aromatic N) is 1. The molecule has 15 heavy (non-hydrogen) atoms. The number of carbonyl (C=O) groups excluding carboxylic acids is 1. The van der Waals surface area contributed by atoms with Gasteiger partial charge in [0, 0.05) is 0 Å². The van der Waals surface area contributed by atoms with Crippen LogP contribution in [-0.4, -0.2) is 15.6 Å². The molecule has 1 heterocycles. The Balaban J connectivity index is 2.81. The van der Waals surface area contributed by atoms with Crippen molar-refractivity contribution >= 4 is 15.6 Å². The lowest BCUT2D eigenvalue weighted by atomic mass is 10.2. The van der Waals surface area contributed by atoms with Crippen LogP contribution in [0.4, 0.5) is 13.2 Å². The average Bonchev–Trinajstić information content (AvgIpc) is 2.41. The van der Waals surface area contributed by atoms with Gasteiger partial charge in [0.05, 0.1) is 10.5 Å². The van der Waals surface area contributed by atoms with Gasteiger partial charge in [0.2, 0.25) is 0 Å². The fraction of sp³-hybridized carbons (Fsp3) is 0.125. The Bertz CT molecular complexity index is 555. The highest BCUT2D eigenvalue weighted by Gasteiger charge is 2.49. The summed E-state index contributed by atoms with van der Waals surface area (Å²) in [5.41, 5.74) is -5.25. The molecule has 3 nitrogen and oxygen atoms in total. The summed E-state index contributed by atoms with van der Waals surface area (Å²) in [5, 5.41) is 0. The van der Waals surface area contributed by atoms with Gasteiger partial charge in [0.1, 0.15) is 0 Å². The second-order valence-corrected chi connectivity index (χ2v) is 5.00. The van der Waals surface area contributed by atoms with E-state index in [4.69, 9.17) is 0 Å². The predicted molar refractivity (Wildman–Crippen MR) is 45.7 cm³/mol. The summed E-state index contributed by atoms with van der Waals surface area (Å²) in [6.45, 7) is 0. The number of carbonyl (C=O) groups is 1. The van der Waals surface area contributed by atoms with E-state index in [9.17, 15) is 22.2 Å². The van der Waals surface area contributed by atoms with Gasteiger partial charge in [-0.05, 0) is 12.1 Å². The second kappa shape index (κ2) is 2.82. The van der Waals surface area contributed by atoms with Crippen LogP contribution in [0.15, 0.2) is 33.5 Å². The van der Waals surface area contributed by atoms with Crippen LogP contribution in [0.2, 0.25) is 0 Å². The molecule has 1 aromatic rings. The van der Waals surface area contributed by atoms with Crippen molar-refractivity contribution < 1.29 is 22.2 Å². The van der Waals surface area contributed by atoms with Crippen molar-refractivity contribution in [3.63, 3.8) is 0 Å². The fourth-order valence-electron chi connectivity index (χ4n) is 1.28. The molecular formula is C8H4F3NO2S. The summed E-state index contributed by atoms with van der Waals surface area (Å²) >= 11 is 0. The molecule has 0 aromatic heterocycles. The van der Waals surface area contributed by atoms with Crippen molar-refractivity contribution in [2.45, 2.75) is 10.4 Å². The number of hydrogen-bond acceptors (Lipinski definition) is 2. The van der Waals surface area contributed by atoms with Crippen LogP contribution in [-0.2, 0) is 9.73 Å². The number of benzene rings is 1. The number of fused-ring (bicyclic) bond motifs is 1. The first-order chi connectivity index (χ1) is 6.86. The molecule has 0 saturated carbocycles. The maximum absolute atomic E-state index is 12.5. The minimum Gasteiger partial charge on any atom is -0.266 e. The molecule has 0 N–H and O–H groups in total. The van der Waals surface area contributed by atoms with Crippen LogP contribution in [0.5, 0.6) is 0 Å². The van der Waals surface area contributed by atoms with E-state index in [1.54, 1.807) is 0 Å². The van der Waals surface area contributed by atoms with Gasteiger partial charge in [-0.2, -0.15) is 13.2 Å². The fourth-order valence-corrected chi connectivity index (χ4v) is 2.78. The predicted octanol–water partition coefficient (Wildman–Crippen LogP) is 2.19. The van der Waals surface area contributed by atoms with Crippen LogP contribution in [0, 0.1) is 0 Å². The molecule has 0 fully saturated rings. The third kappa shape index (κ3) is 1.26. The van der Waals surface area contributed by atoms with Crippen molar-refractivity contribution in [2.24, 2.45) is 4.36 Å². The topological polar surface area (TPSA) is 46.5 Å².